The topological polar surface area (TPSA) is 34.1 Å². The minimum atomic E-state index is -3.02. The fraction of sp³-hybridized carbons (Fsp3) is 0.500. The molecule has 0 bridgehead atoms. The van der Waals surface area contributed by atoms with Crippen molar-refractivity contribution < 1.29 is 8.42 Å². The highest BCUT2D eigenvalue weighted by Crippen LogP contribution is 2.34. The van der Waals surface area contributed by atoms with Crippen molar-refractivity contribution in [3.63, 3.8) is 0 Å². The number of hydrogen-bond acceptors (Lipinski definition) is 3. The van der Waals surface area contributed by atoms with Crippen LogP contribution in [0, 0.1) is 6.92 Å². The molecule has 80 valence electrons. The van der Waals surface area contributed by atoms with Crippen molar-refractivity contribution in [3.8, 4) is 0 Å². The minimum absolute atomic E-state index is 0.0129. The largest absolute Gasteiger partial charge is 0.229 e. The second-order valence-corrected chi connectivity index (χ2v) is 7.97. The van der Waals surface area contributed by atoms with Gasteiger partial charge in [-0.1, -0.05) is 0 Å². The van der Waals surface area contributed by atoms with Crippen LogP contribution in [0.4, 0.5) is 0 Å². The van der Waals surface area contributed by atoms with E-state index in [1.165, 1.54) is 17.6 Å². The predicted molar refractivity (Wildman–Crippen MR) is 65.1 cm³/mol. The molecule has 0 amide bonds. The molecule has 0 radical (unpaired) electrons. The van der Waals surface area contributed by atoms with Crippen LogP contribution in [-0.2, 0) is 9.84 Å². The number of sulfone groups is 1. The van der Waals surface area contributed by atoms with Crippen LogP contribution >= 0.6 is 38.9 Å². The van der Waals surface area contributed by atoms with Gasteiger partial charge in [0.15, 0.2) is 0 Å². The second-order valence-electron chi connectivity index (χ2n) is 3.11. The van der Waals surface area contributed by atoms with E-state index in [2.05, 4.69) is 15.9 Å². The molecule has 1 aromatic heterocycles. The quantitative estimate of drug-likeness (QED) is 0.803. The molecule has 0 aliphatic rings. The van der Waals surface area contributed by atoms with Gasteiger partial charge in [0.2, 0.25) is 0 Å². The standard InChI is InChI=1S/C8H10BrClO2S2/c1-5-6(9)3-8(13-5)7(10)4-14(2,11)12/h3,7H,4H2,1-2H3. The zero-order valence-electron chi connectivity index (χ0n) is 7.75. The highest BCUT2D eigenvalue weighted by Gasteiger charge is 2.17. The summed E-state index contributed by atoms with van der Waals surface area (Å²) in [6.07, 6.45) is 1.19. The fourth-order valence-electron chi connectivity index (χ4n) is 0.984. The molecule has 1 unspecified atom stereocenters. The van der Waals surface area contributed by atoms with E-state index in [0.717, 1.165) is 14.2 Å². The molecule has 0 aliphatic heterocycles. The summed E-state index contributed by atoms with van der Waals surface area (Å²) in [6, 6.07) is 1.88. The van der Waals surface area contributed by atoms with Gasteiger partial charge in [-0.15, -0.1) is 22.9 Å². The van der Waals surface area contributed by atoms with Crippen LogP contribution in [0.2, 0.25) is 0 Å². The Hall–Kier alpha value is 0.420. The first-order chi connectivity index (χ1) is 6.29. The molecule has 0 saturated carbocycles. The molecule has 0 N–H and O–H groups in total. The third-order valence-corrected chi connectivity index (χ3v) is 5.52. The molecule has 0 spiro atoms. The van der Waals surface area contributed by atoms with Crippen LogP contribution in [0.1, 0.15) is 15.1 Å². The Kier molecular flexibility index (Phi) is 4.03. The lowest BCUT2D eigenvalue weighted by atomic mass is 10.3. The van der Waals surface area contributed by atoms with Crippen LogP contribution < -0.4 is 0 Å². The smallest absolute Gasteiger partial charge is 0.149 e. The molecule has 6 heteroatoms. The van der Waals surface area contributed by atoms with Gasteiger partial charge in [0, 0.05) is 20.5 Å². The van der Waals surface area contributed by atoms with E-state index in [4.69, 9.17) is 11.6 Å². The maximum absolute atomic E-state index is 11.0. The van der Waals surface area contributed by atoms with Gasteiger partial charge in [0.05, 0.1) is 11.1 Å². The average molecular weight is 318 g/mol. The van der Waals surface area contributed by atoms with Crippen LogP contribution in [0.25, 0.3) is 0 Å². The van der Waals surface area contributed by atoms with E-state index < -0.39 is 15.2 Å². The molecule has 0 fully saturated rings. The molecule has 14 heavy (non-hydrogen) atoms. The zero-order valence-corrected chi connectivity index (χ0v) is 11.7. The summed E-state index contributed by atoms with van der Waals surface area (Å²) in [4.78, 5) is 2.00. The maximum atomic E-state index is 11.0. The van der Waals surface area contributed by atoms with E-state index >= 15 is 0 Å². The third-order valence-electron chi connectivity index (χ3n) is 1.63. The van der Waals surface area contributed by atoms with Crippen LogP contribution in [0.3, 0.4) is 0 Å². The second kappa shape index (κ2) is 4.51. The Bertz CT molecular complexity index is 405. The summed E-state index contributed by atoms with van der Waals surface area (Å²) in [5.41, 5.74) is 0. The summed E-state index contributed by atoms with van der Waals surface area (Å²) in [7, 11) is -3.02. The normalized spacial score (nSPS) is 14.3. The van der Waals surface area contributed by atoms with Crippen molar-refractivity contribution in [1.29, 1.82) is 0 Å². The molecule has 1 heterocycles. The van der Waals surface area contributed by atoms with Gasteiger partial charge in [-0.3, -0.25) is 0 Å². The van der Waals surface area contributed by atoms with Gasteiger partial charge in [0.25, 0.3) is 0 Å². The first kappa shape index (κ1) is 12.5. The van der Waals surface area contributed by atoms with Crippen molar-refractivity contribution in [1.82, 2.24) is 0 Å². The molecule has 1 rings (SSSR count). The van der Waals surface area contributed by atoms with Gasteiger partial charge in [-0.2, -0.15) is 0 Å². The molecule has 0 aliphatic carbocycles. The van der Waals surface area contributed by atoms with E-state index in [9.17, 15) is 8.42 Å². The number of alkyl halides is 1. The number of aryl methyl sites for hydroxylation is 1. The van der Waals surface area contributed by atoms with Crippen LogP contribution in [0.5, 0.6) is 0 Å². The Morgan fingerprint density at radius 1 is 1.64 bits per heavy atom. The number of thiophene rings is 1. The first-order valence-corrected chi connectivity index (χ1v) is 7.98. The lowest BCUT2D eigenvalue weighted by molar-refractivity contribution is 0.600. The van der Waals surface area contributed by atoms with Gasteiger partial charge < -0.3 is 0 Å². The third kappa shape index (κ3) is 3.53. The molecule has 0 saturated heterocycles. The SMILES string of the molecule is Cc1sc(C(Cl)CS(C)(=O)=O)cc1Br. The van der Waals surface area contributed by atoms with Gasteiger partial charge >= 0.3 is 0 Å². The number of halogens is 2. The summed E-state index contributed by atoms with van der Waals surface area (Å²) in [5, 5.41) is -0.444. The van der Waals surface area contributed by atoms with Crippen molar-refractivity contribution in [2.24, 2.45) is 0 Å². The van der Waals surface area contributed by atoms with E-state index in [0.29, 0.717) is 0 Å². The molecule has 1 aromatic rings. The Morgan fingerprint density at radius 2 is 2.21 bits per heavy atom. The lowest BCUT2D eigenvalue weighted by Gasteiger charge is -2.04. The summed E-state index contributed by atoms with van der Waals surface area (Å²) >= 11 is 10.9. The van der Waals surface area contributed by atoms with Crippen molar-refractivity contribution in [2.45, 2.75) is 12.3 Å². The molecule has 2 nitrogen and oxygen atoms in total. The molecule has 1 atom stereocenters. The average Bonchev–Trinajstić information content (AvgIpc) is 2.28. The highest BCUT2D eigenvalue weighted by molar-refractivity contribution is 9.10. The molecular formula is C8H10BrClO2S2. The van der Waals surface area contributed by atoms with Gasteiger partial charge in [0.1, 0.15) is 9.84 Å². The number of hydrogen-bond donors (Lipinski definition) is 0. The highest BCUT2D eigenvalue weighted by atomic mass is 79.9. The monoisotopic (exact) mass is 316 g/mol. The van der Waals surface area contributed by atoms with Gasteiger partial charge in [-0.05, 0) is 28.9 Å². The van der Waals surface area contributed by atoms with Crippen molar-refractivity contribution in [3.05, 3.63) is 20.3 Å². The lowest BCUT2D eigenvalue weighted by Crippen LogP contribution is -2.07. The van der Waals surface area contributed by atoms with Crippen molar-refractivity contribution in [2.75, 3.05) is 12.0 Å². The number of rotatable bonds is 3. The first-order valence-electron chi connectivity index (χ1n) is 3.87. The van der Waals surface area contributed by atoms with E-state index in [1.54, 1.807) is 0 Å². The molecule has 0 aromatic carbocycles. The zero-order chi connectivity index (χ0) is 10.9. The molecular weight excluding hydrogens is 308 g/mol. The predicted octanol–water partition coefficient (Wildman–Crippen LogP) is 3.14. The van der Waals surface area contributed by atoms with Crippen LogP contribution in [-0.4, -0.2) is 20.4 Å². The summed E-state index contributed by atoms with van der Waals surface area (Å²) < 4.78 is 23.0. The minimum Gasteiger partial charge on any atom is -0.229 e. The maximum Gasteiger partial charge on any atom is 0.149 e. The van der Waals surface area contributed by atoms with Crippen LogP contribution in [0.15, 0.2) is 10.5 Å². The Balaban J connectivity index is 2.85. The van der Waals surface area contributed by atoms with E-state index in [-0.39, 0.29) is 5.75 Å². The van der Waals surface area contributed by atoms with Crippen molar-refractivity contribution >= 4 is 48.7 Å². The van der Waals surface area contributed by atoms with E-state index in [1.807, 2.05) is 13.0 Å². The summed E-state index contributed by atoms with van der Waals surface area (Å²) in [5.74, 6) is -0.0129. The van der Waals surface area contributed by atoms with Gasteiger partial charge in [-0.25, -0.2) is 8.42 Å². The fourth-order valence-corrected chi connectivity index (χ4v) is 4.22. The Labute approximate surface area is 101 Å². The summed E-state index contributed by atoms with van der Waals surface area (Å²) in [6.45, 7) is 1.96. The Morgan fingerprint density at radius 3 is 2.57 bits per heavy atom.